The topological polar surface area (TPSA) is 62.2 Å². The van der Waals surface area contributed by atoms with Crippen molar-refractivity contribution in [1.82, 2.24) is 4.98 Å². The van der Waals surface area contributed by atoms with Crippen molar-refractivity contribution in [2.24, 2.45) is 0 Å². The van der Waals surface area contributed by atoms with E-state index in [1.807, 2.05) is 0 Å². The zero-order valence-corrected chi connectivity index (χ0v) is 8.44. The van der Waals surface area contributed by atoms with Crippen LogP contribution in [-0.2, 0) is 4.79 Å². The third-order valence-electron chi connectivity index (χ3n) is 2.77. The summed E-state index contributed by atoms with van der Waals surface area (Å²) in [7, 11) is 0. The van der Waals surface area contributed by atoms with E-state index in [1.54, 1.807) is 24.5 Å². The number of amides is 1. The van der Waals surface area contributed by atoms with Crippen molar-refractivity contribution in [2.45, 2.75) is 31.3 Å². The molecular weight excluding hydrogens is 192 g/mol. The number of nitrogens with one attached hydrogen (secondary N) is 1. The zero-order valence-electron chi connectivity index (χ0n) is 8.44. The maximum Gasteiger partial charge on any atom is 0.256 e. The van der Waals surface area contributed by atoms with Crippen molar-refractivity contribution >= 4 is 11.6 Å². The van der Waals surface area contributed by atoms with Crippen LogP contribution in [0.15, 0.2) is 24.5 Å². The van der Waals surface area contributed by atoms with Gasteiger partial charge >= 0.3 is 0 Å². The number of anilines is 1. The van der Waals surface area contributed by atoms with Crippen LogP contribution < -0.4 is 5.32 Å². The van der Waals surface area contributed by atoms with E-state index in [-0.39, 0.29) is 5.91 Å². The summed E-state index contributed by atoms with van der Waals surface area (Å²) < 4.78 is 0. The molecule has 80 valence electrons. The highest BCUT2D eigenvalue weighted by Gasteiger charge is 2.38. The van der Waals surface area contributed by atoms with Crippen LogP contribution in [0.1, 0.15) is 25.7 Å². The lowest BCUT2D eigenvalue weighted by atomic mass is 10.0. The molecule has 4 heteroatoms. The summed E-state index contributed by atoms with van der Waals surface area (Å²) in [6.07, 6.45) is 6.14. The predicted molar refractivity (Wildman–Crippen MR) is 56.3 cm³/mol. The van der Waals surface area contributed by atoms with Gasteiger partial charge in [0, 0.05) is 6.20 Å². The molecule has 2 N–H and O–H groups in total. The molecule has 1 saturated carbocycles. The monoisotopic (exact) mass is 206 g/mol. The molecule has 1 aliphatic carbocycles. The van der Waals surface area contributed by atoms with Gasteiger partial charge in [-0.25, -0.2) is 0 Å². The fourth-order valence-corrected chi connectivity index (χ4v) is 1.87. The predicted octanol–water partition coefficient (Wildman–Crippen LogP) is 1.33. The van der Waals surface area contributed by atoms with Crippen LogP contribution in [0.4, 0.5) is 5.69 Å². The fraction of sp³-hybridized carbons (Fsp3) is 0.455. The molecule has 0 radical (unpaired) electrons. The lowest BCUT2D eigenvalue weighted by Crippen LogP contribution is -2.40. The molecular formula is C11H14N2O2. The maximum atomic E-state index is 11.7. The Kier molecular flexibility index (Phi) is 2.68. The summed E-state index contributed by atoms with van der Waals surface area (Å²) in [5.41, 5.74) is -0.543. The second kappa shape index (κ2) is 3.98. The van der Waals surface area contributed by atoms with Gasteiger partial charge < -0.3 is 10.4 Å². The highest BCUT2D eigenvalue weighted by atomic mass is 16.3. The van der Waals surface area contributed by atoms with Gasteiger partial charge in [0.25, 0.3) is 5.91 Å². The molecule has 0 bridgehead atoms. The standard InChI is InChI=1S/C11H14N2O2/c14-10(11(15)5-1-2-6-11)13-9-4-3-7-12-8-9/h3-4,7-8,15H,1-2,5-6H2,(H,13,14). The van der Waals surface area contributed by atoms with E-state index in [1.165, 1.54) is 0 Å². The van der Waals surface area contributed by atoms with Gasteiger partial charge in [-0.1, -0.05) is 0 Å². The number of nitrogens with zero attached hydrogens (tertiary/aromatic N) is 1. The van der Waals surface area contributed by atoms with E-state index in [9.17, 15) is 9.90 Å². The van der Waals surface area contributed by atoms with Crippen molar-refractivity contribution in [3.8, 4) is 0 Å². The molecule has 1 aliphatic rings. The Morgan fingerprint density at radius 2 is 2.20 bits per heavy atom. The first-order valence-corrected chi connectivity index (χ1v) is 5.15. The van der Waals surface area contributed by atoms with Crippen molar-refractivity contribution in [3.05, 3.63) is 24.5 Å². The van der Waals surface area contributed by atoms with Crippen LogP contribution >= 0.6 is 0 Å². The molecule has 0 saturated heterocycles. The van der Waals surface area contributed by atoms with Gasteiger partial charge in [0.05, 0.1) is 11.9 Å². The first-order valence-electron chi connectivity index (χ1n) is 5.15. The Hall–Kier alpha value is -1.42. The zero-order chi connectivity index (χ0) is 10.7. The van der Waals surface area contributed by atoms with Crippen LogP contribution in [0.2, 0.25) is 0 Å². The van der Waals surface area contributed by atoms with Crippen LogP contribution in [-0.4, -0.2) is 21.6 Å². The molecule has 0 unspecified atom stereocenters. The number of rotatable bonds is 2. The second-order valence-electron chi connectivity index (χ2n) is 3.93. The van der Waals surface area contributed by atoms with Crippen molar-refractivity contribution < 1.29 is 9.90 Å². The van der Waals surface area contributed by atoms with E-state index in [4.69, 9.17) is 0 Å². The van der Waals surface area contributed by atoms with E-state index in [2.05, 4.69) is 10.3 Å². The van der Waals surface area contributed by atoms with E-state index >= 15 is 0 Å². The normalized spacial score (nSPS) is 18.7. The molecule has 0 aliphatic heterocycles. The fourth-order valence-electron chi connectivity index (χ4n) is 1.87. The van der Waals surface area contributed by atoms with Gasteiger partial charge in [-0.15, -0.1) is 0 Å². The van der Waals surface area contributed by atoms with Gasteiger partial charge in [-0.2, -0.15) is 0 Å². The molecule has 1 aromatic rings. The minimum absolute atomic E-state index is 0.312. The van der Waals surface area contributed by atoms with E-state index in [0.29, 0.717) is 18.5 Å². The molecule has 15 heavy (non-hydrogen) atoms. The lowest BCUT2D eigenvalue weighted by Gasteiger charge is -2.20. The van der Waals surface area contributed by atoms with Crippen LogP contribution in [0.5, 0.6) is 0 Å². The summed E-state index contributed by atoms with van der Waals surface area (Å²) in [6, 6.07) is 3.50. The Balaban J connectivity index is 2.04. The van der Waals surface area contributed by atoms with E-state index in [0.717, 1.165) is 12.8 Å². The number of hydrogen-bond acceptors (Lipinski definition) is 3. The molecule has 2 rings (SSSR count). The minimum Gasteiger partial charge on any atom is -0.380 e. The SMILES string of the molecule is O=C(Nc1cccnc1)C1(O)CCCC1. The number of pyridine rings is 1. The van der Waals surface area contributed by atoms with Gasteiger partial charge in [-0.05, 0) is 37.8 Å². The smallest absolute Gasteiger partial charge is 0.256 e. The Morgan fingerprint density at radius 1 is 1.47 bits per heavy atom. The number of carbonyl (C=O) groups excluding carboxylic acids is 1. The quantitative estimate of drug-likeness (QED) is 0.767. The molecule has 0 atom stereocenters. The summed E-state index contributed by atoms with van der Waals surface area (Å²) in [4.78, 5) is 15.6. The minimum atomic E-state index is -1.17. The Morgan fingerprint density at radius 3 is 2.80 bits per heavy atom. The van der Waals surface area contributed by atoms with Gasteiger partial charge in [0.15, 0.2) is 0 Å². The van der Waals surface area contributed by atoms with Gasteiger partial charge in [-0.3, -0.25) is 9.78 Å². The molecule has 1 fully saturated rings. The lowest BCUT2D eigenvalue weighted by molar-refractivity contribution is -0.133. The molecule has 1 heterocycles. The number of aromatic nitrogens is 1. The molecule has 1 amide bonds. The maximum absolute atomic E-state index is 11.7. The van der Waals surface area contributed by atoms with Crippen LogP contribution in [0.3, 0.4) is 0 Å². The highest BCUT2D eigenvalue weighted by Crippen LogP contribution is 2.30. The molecule has 1 aromatic heterocycles. The average Bonchev–Trinajstić information content (AvgIpc) is 2.68. The first-order chi connectivity index (χ1) is 7.21. The highest BCUT2D eigenvalue weighted by molar-refractivity contribution is 5.97. The summed E-state index contributed by atoms with van der Waals surface area (Å²) in [6.45, 7) is 0. The van der Waals surface area contributed by atoms with Crippen molar-refractivity contribution in [3.63, 3.8) is 0 Å². The van der Waals surface area contributed by atoms with Crippen molar-refractivity contribution in [1.29, 1.82) is 0 Å². The molecule has 4 nitrogen and oxygen atoms in total. The molecule has 0 spiro atoms. The third-order valence-corrected chi connectivity index (χ3v) is 2.77. The number of hydrogen-bond donors (Lipinski definition) is 2. The number of carbonyl (C=O) groups is 1. The number of aliphatic hydroxyl groups is 1. The Labute approximate surface area is 88.3 Å². The first kappa shape index (κ1) is 10.1. The third kappa shape index (κ3) is 2.15. The van der Waals surface area contributed by atoms with Crippen LogP contribution in [0.25, 0.3) is 0 Å². The second-order valence-corrected chi connectivity index (χ2v) is 3.93. The van der Waals surface area contributed by atoms with Crippen LogP contribution in [0, 0.1) is 0 Å². The summed E-state index contributed by atoms with van der Waals surface area (Å²) in [5, 5.41) is 12.7. The summed E-state index contributed by atoms with van der Waals surface area (Å²) in [5.74, 6) is -0.312. The largest absolute Gasteiger partial charge is 0.380 e. The molecule has 0 aromatic carbocycles. The summed E-state index contributed by atoms with van der Waals surface area (Å²) >= 11 is 0. The van der Waals surface area contributed by atoms with E-state index < -0.39 is 5.60 Å². The Bertz CT molecular complexity index is 345. The van der Waals surface area contributed by atoms with Gasteiger partial charge in [0.1, 0.15) is 5.60 Å². The van der Waals surface area contributed by atoms with Gasteiger partial charge in [0.2, 0.25) is 0 Å². The van der Waals surface area contributed by atoms with Crippen molar-refractivity contribution in [2.75, 3.05) is 5.32 Å². The average molecular weight is 206 g/mol.